The Morgan fingerprint density at radius 1 is 1.42 bits per heavy atom. The van der Waals surface area contributed by atoms with E-state index in [1.807, 2.05) is 26.0 Å². The van der Waals surface area contributed by atoms with E-state index in [9.17, 15) is 9.59 Å². The second kappa shape index (κ2) is 6.86. The van der Waals surface area contributed by atoms with Crippen molar-refractivity contribution in [2.75, 3.05) is 0 Å². The predicted octanol–water partition coefficient (Wildman–Crippen LogP) is 2.36. The molecular weight excluding hydrogens is 306 g/mol. The number of aromatic nitrogens is 2. The lowest BCUT2D eigenvalue weighted by Crippen LogP contribution is -2.36. The van der Waals surface area contributed by atoms with Crippen molar-refractivity contribution in [2.24, 2.45) is 0 Å². The molecule has 0 saturated heterocycles. The molecule has 0 aromatic carbocycles. The lowest BCUT2D eigenvalue weighted by molar-refractivity contribution is 0.0727. The summed E-state index contributed by atoms with van der Waals surface area (Å²) in [6.45, 7) is 4.32. The van der Waals surface area contributed by atoms with Gasteiger partial charge in [-0.05, 0) is 50.5 Å². The Labute approximate surface area is 140 Å². The van der Waals surface area contributed by atoms with E-state index in [1.165, 1.54) is 6.20 Å². The van der Waals surface area contributed by atoms with Crippen LogP contribution in [-0.2, 0) is 6.54 Å². The Hall–Kier alpha value is -2.63. The summed E-state index contributed by atoms with van der Waals surface area (Å²) in [4.78, 5) is 33.2. The minimum atomic E-state index is -0.355. The molecule has 0 atom stereocenters. The number of pyridine rings is 2. The van der Waals surface area contributed by atoms with Crippen LogP contribution in [0.4, 0.5) is 0 Å². The van der Waals surface area contributed by atoms with Crippen molar-refractivity contribution in [3.63, 3.8) is 0 Å². The zero-order valence-corrected chi connectivity index (χ0v) is 13.9. The van der Waals surface area contributed by atoms with Crippen molar-refractivity contribution in [2.45, 2.75) is 45.4 Å². The van der Waals surface area contributed by atoms with E-state index in [0.717, 1.165) is 18.4 Å². The van der Waals surface area contributed by atoms with Gasteiger partial charge in [0.1, 0.15) is 5.56 Å². The first-order chi connectivity index (χ1) is 11.5. The maximum absolute atomic E-state index is 12.8. The van der Waals surface area contributed by atoms with Crippen LogP contribution < -0.4 is 10.3 Å². The first-order valence-electron chi connectivity index (χ1n) is 8.15. The highest BCUT2D eigenvalue weighted by Gasteiger charge is 2.34. The smallest absolute Gasteiger partial charge is 0.260 e. The average Bonchev–Trinajstić information content (AvgIpc) is 3.37. The number of nitrogens with zero attached hydrogens (tertiary/aromatic N) is 2. The van der Waals surface area contributed by atoms with Crippen molar-refractivity contribution in [1.29, 1.82) is 0 Å². The minimum absolute atomic E-state index is 0.0387. The molecule has 1 N–H and O–H groups in total. The molecule has 1 aliphatic carbocycles. The van der Waals surface area contributed by atoms with Gasteiger partial charge in [0.25, 0.3) is 11.5 Å². The number of hydrogen-bond acceptors (Lipinski definition) is 4. The molecule has 126 valence electrons. The summed E-state index contributed by atoms with van der Waals surface area (Å²) in [6, 6.07) is 7.14. The van der Waals surface area contributed by atoms with Crippen LogP contribution in [0, 0.1) is 0 Å². The number of carbonyl (C=O) groups excluding carboxylic acids is 1. The molecule has 2 aromatic rings. The van der Waals surface area contributed by atoms with Crippen LogP contribution in [0.1, 0.15) is 42.6 Å². The molecule has 0 unspecified atom stereocenters. The van der Waals surface area contributed by atoms with Gasteiger partial charge in [0.15, 0.2) is 0 Å². The zero-order valence-electron chi connectivity index (χ0n) is 13.9. The van der Waals surface area contributed by atoms with Gasteiger partial charge >= 0.3 is 0 Å². The van der Waals surface area contributed by atoms with Gasteiger partial charge in [0.05, 0.1) is 6.10 Å². The Kier molecular flexibility index (Phi) is 4.64. The Balaban J connectivity index is 1.81. The van der Waals surface area contributed by atoms with Gasteiger partial charge in [-0.15, -0.1) is 0 Å². The first kappa shape index (κ1) is 16.2. The van der Waals surface area contributed by atoms with Gasteiger partial charge in [0, 0.05) is 31.0 Å². The van der Waals surface area contributed by atoms with Gasteiger partial charge in [-0.1, -0.05) is 0 Å². The van der Waals surface area contributed by atoms with E-state index in [2.05, 4.69) is 9.97 Å². The molecule has 1 fully saturated rings. The molecular formula is C18H21N3O3. The third-order valence-corrected chi connectivity index (χ3v) is 3.81. The third-order valence-electron chi connectivity index (χ3n) is 3.81. The van der Waals surface area contributed by atoms with Crippen molar-refractivity contribution >= 4 is 5.91 Å². The van der Waals surface area contributed by atoms with Crippen LogP contribution >= 0.6 is 0 Å². The van der Waals surface area contributed by atoms with Gasteiger partial charge in [0.2, 0.25) is 5.88 Å². The summed E-state index contributed by atoms with van der Waals surface area (Å²) in [5.41, 5.74) is 0.761. The molecule has 6 nitrogen and oxygen atoms in total. The highest BCUT2D eigenvalue weighted by atomic mass is 16.5. The molecule has 24 heavy (non-hydrogen) atoms. The topological polar surface area (TPSA) is 75.3 Å². The number of rotatable bonds is 6. The highest BCUT2D eigenvalue weighted by Crippen LogP contribution is 2.29. The Morgan fingerprint density at radius 3 is 2.88 bits per heavy atom. The lowest BCUT2D eigenvalue weighted by Gasteiger charge is -2.22. The van der Waals surface area contributed by atoms with E-state index in [0.29, 0.717) is 12.4 Å². The Morgan fingerprint density at radius 2 is 2.21 bits per heavy atom. The fourth-order valence-electron chi connectivity index (χ4n) is 2.55. The van der Waals surface area contributed by atoms with E-state index < -0.39 is 0 Å². The third kappa shape index (κ3) is 3.82. The number of ether oxygens (including phenoxy) is 1. The standard InChI is InChI=1S/C18H21N3O3/c1-12(2)24-16-10-13(7-9-19-16)11-21(14-5-6-14)18(23)15-4-3-8-20-17(15)22/h3-4,7-10,12,14H,5-6,11H2,1-2H3,(H,20,22). The van der Waals surface area contributed by atoms with Crippen molar-refractivity contribution < 1.29 is 9.53 Å². The van der Waals surface area contributed by atoms with Crippen LogP contribution in [0.15, 0.2) is 41.5 Å². The molecule has 1 saturated carbocycles. The molecule has 3 rings (SSSR count). The molecule has 0 spiro atoms. The quantitative estimate of drug-likeness (QED) is 0.884. The number of H-pyrrole nitrogens is 1. The maximum atomic E-state index is 12.8. The van der Waals surface area contributed by atoms with Crippen LogP contribution in [-0.4, -0.2) is 32.9 Å². The van der Waals surface area contributed by atoms with Gasteiger partial charge < -0.3 is 14.6 Å². The molecule has 1 aliphatic rings. The number of carbonyl (C=O) groups is 1. The number of nitrogens with one attached hydrogen (secondary N) is 1. The first-order valence-corrected chi connectivity index (χ1v) is 8.15. The second-order valence-electron chi connectivity index (χ2n) is 6.25. The maximum Gasteiger partial charge on any atom is 0.260 e. The van der Waals surface area contributed by atoms with Crippen molar-refractivity contribution in [3.8, 4) is 5.88 Å². The largest absolute Gasteiger partial charge is 0.475 e. The summed E-state index contributed by atoms with van der Waals surface area (Å²) < 4.78 is 5.61. The van der Waals surface area contributed by atoms with Crippen LogP contribution in [0.2, 0.25) is 0 Å². The van der Waals surface area contributed by atoms with E-state index in [1.54, 1.807) is 23.2 Å². The number of amides is 1. The zero-order chi connectivity index (χ0) is 17.1. The van der Waals surface area contributed by atoms with E-state index in [-0.39, 0.29) is 29.2 Å². The van der Waals surface area contributed by atoms with Crippen LogP contribution in [0.3, 0.4) is 0 Å². The summed E-state index contributed by atoms with van der Waals surface area (Å²) in [7, 11) is 0. The molecule has 0 radical (unpaired) electrons. The number of hydrogen-bond donors (Lipinski definition) is 1. The minimum Gasteiger partial charge on any atom is -0.475 e. The molecule has 2 aromatic heterocycles. The van der Waals surface area contributed by atoms with Crippen LogP contribution in [0.5, 0.6) is 5.88 Å². The highest BCUT2D eigenvalue weighted by molar-refractivity contribution is 5.94. The molecule has 2 heterocycles. The summed E-state index contributed by atoms with van der Waals surface area (Å²) in [6.07, 6.45) is 5.18. The normalized spacial score (nSPS) is 13.8. The molecule has 0 bridgehead atoms. The van der Waals surface area contributed by atoms with Crippen molar-refractivity contribution in [1.82, 2.24) is 14.9 Å². The SMILES string of the molecule is CC(C)Oc1cc(CN(C(=O)c2ccc[nH]c2=O)C2CC2)ccn1. The Bertz CT molecular complexity index is 781. The summed E-state index contributed by atoms with van der Waals surface area (Å²) in [5, 5.41) is 0. The summed E-state index contributed by atoms with van der Waals surface area (Å²) >= 11 is 0. The number of aromatic amines is 1. The van der Waals surface area contributed by atoms with Gasteiger partial charge in [-0.3, -0.25) is 9.59 Å². The van der Waals surface area contributed by atoms with Gasteiger partial charge in [-0.2, -0.15) is 0 Å². The van der Waals surface area contributed by atoms with E-state index >= 15 is 0 Å². The molecule has 1 amide bonds. The van der Waals surface area contributed by atoms with E-state index in [4.69, 9.17) is 4.74 Å². The monoisotopic (exact) mass is 327 g/mol. The molecule has 6 heteroatoms. The lowest BCUT2D eigenvalue weighted by atomic mass is 10.2. The molecule has 0 aliphatic heterocycles. The average molecular weight is 327 g/mol. The van der Waals surface area contributed by atoms with Crippen molar-refractivity contribution in [3.05, 3.63) is 58.1 Å². The van der Waals surface area contributed by atoms with Gasteiger partial charge in [-0.25, -0.2) is 4.98 Å². The summed E-state index contributed by atoms with van der Waals surface area (Å²) in [5.74, 6) is 0.311. The second-order valence-corrected chi connectivity index (χ2v) is 6.25. The fraction of sp³-hybridized carbons (Fsp3) is 0.389. The fourth-order valence-corrected chi connectivity index (χ4v) is 2.55. The predicted molar refractivity (Wildman–Crippen MR) is 90.0 cm³/mol. The van der Waals surface area contributed by atoms with Crippen LogP contribution in [0.25, 0.3) is 0 Å².